The lowest BCUT2D eigenvalue weighted by molar-refractivity contribution is 0.0476. The lowest BCUT2D eigenvalue weighted by Gasteiger charge is -2.42. The van der Waals surface area contributed by atoms with E-state index in [2.05, 4.69) is 58.7 Å². The van der Waals surface area contributed by atoms with Crippen molar-refractivity contribution in [3.8, 4) is 11.4 Å². The standard InChI is InChI=1S/C22H32N4O/c1-17(2)14-26-9-8-25(16-21(26)7-10-27)15-19-12-23-22(24-13-19)20-6-4-5-18(3)11-20/h4-6,11-13,17,21,27H,7-10,14-16H2,1-3H3/t21-/m1/s1. The number of hydrogen-bond acceptors (Lipinski definition) is 5. The maximum atomic E-state index is 9.44. The van der Waals surface area contributed by atoms with Crippen molar-refractivity contribution >= 4 is 0 Å². The molecule has 0 radical (unpaired) electrons. The lowest BCUT2D eigenvalue weighted by Crippen LogP contribution is -2.53. The molecule has 0 bridgehead atoms. The van der Waals surface area contributed by atoms with Crippen molar-refractivity contribution in [2.24, 2.45) is 5.92 Å². The summed E-state index contributed by atoms with van der Waals surface area (Å²) >= 11 is 0. The maximum absolute atomic E-state index is 9.44. The van der Waals surface area contributed by atoms with E-state index in [1.54, 1.807) is 0 Å². The zero-order chi connectivity index (χ0) is 19.2. The zero-order valence-electron chi connectivity index (χ0n) is 16.8. The number of aryl methyl sites for hydroxylation is 1. The van der Waals surface area contributed by atoms with Gasteiger partial charge in [-0.05, 0) is 25.3 Å². The molecule has 3 rings (SSSR count). The summed E-state index contributed by atoms with van der Waals surface area (Å²) in [5.74, 6) is 1.43. The Morgan fingerprint density at radius 1 is 1.19 bits per heavy atom. The Labute approximate surface area is 163 Å². The average Bonchev–Trinajstić information content (AvgIpc) is 2.64. The molecule has 0 saturated carbocycles. The van der Waals surface area contributed by atoms with Crippen LogP contribution in [0, 0.1) is 12.8 Å². The number of aromatic nitrogens is 2. The topological polar surface area (TPSA) is 52.5 Å². The molecule has 2 heterocycles. The number of piperazine rings is 1. The molecular formula is C22H32N4O. The van der Waals surface area contributed by atoms with E-state index in [0.29, 0.717) is 12.0 Å². The molecule has 1 saturated heterocycles. The van der Waals surface area contributed by atoms with E-state index in [-0.39, 0.29) is 6.61 Å². The molecule has 0 aliphatic carbocycles. The number of benzene rings is 1. The van der Waals surface area contributed by atoms with Gasteiger partial charge in [0.2, 0.25) is 0 Å². The van der Waals surface area contributed by atoms with Crippen LogP contribution in [0.25, 0.3) is 11.4 Å². The highest BCUT2D eigenvalue weighted by atomic mass is 16.3. The molecule has 5 nitrogen and oxygen atoms in total. The summed E-state index contributed by atoms with van der Waals surface area (Å²) in [6, 6.07) is 8.72. The van der Waals surface area contributed by atoms with E-state index >= 15 is 0 Å². The van der Waals surface area contributed by atoms with Gasteiger partial charge in [-0.2, -0.15) is 0 Å². The van der Waals surface area contributed by atoms with Crippen LogP contribution in [-0.4, -0.2) is 63.7 Å². The first-order valence-corrected chi connectivity index (χ1v) is 10.0. The molecule has 2 aromatic rings. The predicted molar refractivity (Wildman–Crippen MR) is 109 cm³/mol. The van der Waals surface area contributed by atoms with Crippen LogP contribution in [0.5, 0.6) is 0 Å². The molecule has 5 heteroatoms. The quantitative estimate of drug-likeness (QED) is 0.814. The highest BCUT2D eigenvalue weighted by Crippen LogP contribution is 2.19. The van der Waals surface area contributed by atoms with Crippen molar-refractivity contribution in [3.05, 3.63) is 47.8 Å². The Balaban J connectivity index is 1.61. The van der Waals surface area contributed by atoms with E-state index in [1.165, 1.54) is 5.56 Å². The summed E-state index contributed by atoms with van der Waals surface area (Å²) in [5.41, 5.74) is 3.42. The second-order valence-corrected chi connectivity index (χ2v) is 8.07. The van der Waals surface area contributed by atoms with E-state index in [1.807, 2.05) is 18.5 Å². The van der Waals surface area contributed by atoms with Crippen LogP contribution in [-0.2, 0) is 6.54 Å². The van der Waals surface area contributed by atoms with Crippen LogP contribution in [0.2, 0.25) is 0 Å². The SMILES string of the molecule is Cc1cccc(-c2ncc(CN3CCN(CC(C)C)[C@H](CCO)C3)cn2)c1. The van der Waals surface area contributed by atoms with Gasteiger partial charge in [0.15, 0.2) is 5.82 Å². The minimum absolute atomic E-state index is 0.251. The number of aliphatic hydroxyl groups is 1. The first-order valence-electron chi connectivity index (χ1n) is 10.0. The van der Waals surface area contributed by atoms with Gasteiger partial charge in [-0.3, -0.25) is 9.80 Å². The average molecular weight is 369 g/mol. The summed E-state index contributed by atoms with van der Waals surface area (Å²) in [5, 5.41) is 9.44. The van der Waals surface area contributed by atoms with E-state index < -0.39 is 0 Å². The Kier molecular flexibility index (Phi) is 6.94. The molecule has 0 spiro atoms. The molecule has 27 heavy (non-hydrogen) atoms. The third-order valence-corrected chi connectivity index (χ3v) is 5.14. The third-order valence-electron chi connectivity index (χ3n) is 5.14. The van der Waals surface area contributed by atoms with Crippen LogP contribution in [0.4, 0.5) is 0 Å². The van der Waals surface area contributed by atoms with Crippen LogP contribution in [0.1, 0.15) is 31.4 Å². The molecule has 1 aliphatic rings. The Morgan fingerprint density at radius 2 is 1.96 bits per heavy atom. The fraction of sp³-hybridized carbons (Fsp3) is 0.545. The smallest absolute Gasteiger partial charge is 0.159 e. The van der Waals surface area contributed by atoms with Crippen LogP contribution in [0.3, 0.4) is 0 Å². The van der Waals surface area contributed by atoms with Crippen molar-refractivity contribution in [1.29, 1.82) is 0 Å². The Bertz CT molecular complexity index is 717. The molecule has 0 unspecified atom stereocenters. The van der Waals surface area contributed by atoms with E-state index in [9.17, 15) is 5.11 Å². The zero-order valence-corrected chi connectivity index (χ0v) is 16.8. The molecule has 1 aromatic heterocycles. The molecule has 1 fully saturated rings. The van der Waals surface area contributed by atoms with Crippen molar-refractivity contribution in [3.63, 3.8) is 0 Å². The first-order chi connectivity index (χ1) is 13.0. The van der Waals surface area contributed by atoms with E-state index in [4.69, 9.17) is 0 Å². The van der Waals surface area contributed by atoms with Gasteiger partial charge in [0, 0.05) is 68.9 Å². The third kappa shape index (κ3) is 5.58. The lowest BCUT2D eigenvalue weighted by atomic mass is 10.1. The largest absolute Gasteiger partial charge is 0.396 e. The first kappa shape index (κ1) is 19.9. The normalized spacial score (nSPS) is 18.9. The number of nitrogens with zero attached hydrogens (tertiary/aromatic N) is 4. The fourth-order valence-electron chi connectivity index (χ4n) is 3.86. The van der Waals surface area contributed by atoms with Crippen LogP contribution >= 0.6 is 0 Å². The molecule has 1 aromatic carbocycles. The van der Waals surface area contributed by atoms with Crippen LogP contribution < -0.4 is 0 Å². The second kappa shape index (κ2) is 9.40. The number of aliphatic hydroxyl groups excluding tert-OH is 1. The van der Waals surface area contributed by atoms with Crippen molar-refractivity contribution in [2.45, 2.75) is 39.8 Å². The molecular weight excluding hydrogens is 336 g/mol. The number of hydrogen-bond donors (Lipinski definition) is 1. The number of rotatable bonds is 7. The van der Waals surface area contributed by atoms with Gasteiger partial charge in [-0.15, -0.1) is 0 Å². The predicted octanol–water partition coefficient (Wildman–Crippen LogP) is 2.98. The monoisotopic (exact) mass is 368 g/mol. The Hall–Kier alpha value is -1.82. The van der Waals surface area contributed by atoms with Crippen molar-refractivity contribution in [1.82, 2.24) is 19.8 Å². The minimum Gasteiger partial charge on any atom is -0.396 e. The summed E-state index contributed by atoms with van der Waals surface area (Å²) in [4.78, 5) is 14.2. The summed E-state index contributed by atoms with van der Waals surface area (Å²) in [6.45, 7) is 11.9. The Morgan fingerprint density at radius 3 is 2.63 bits per heavy atom. The maximum Gasteiger partial charge on any atom is 0.159 e. The molecule has 1 N–H and O–H groups in total. The molecule has 1 aliphatic heterocycles. The van der Waals surface area contributed by atoms with Crippen molar-refractivity contribution < 1.29 is 5.11 Å². The van der Waals surface area contributed by atoms with Crippen LogP contribution in [0.15, 0.2) is 36.7 Å². The summed E-state index contributed by atoms with van der Waals surface area (Å²) in [6.07, 6.45) is 4.74. The highest BCUT2D eigenvalue weighted by molar-refractivity contribution is 5.55. The molecule has 0 amide bonds. The van der Waals surface area contributed by atoms with Gasteiger partial charge >= 0.3 is 0 Å². The van der Waals surface area contributed by atoms with Gasteiger partial charge in [0.1, 0.15) is 0 Å². The highest BCUT2D eigenvalue weighted by Gasteiger charge is 2.26. The second-order valence-electron chi connectivity index (χ2n) is 8.07. The summed E-state index contributed by atoms with van der Waals surface area (Å²) in [7, 11) is 0. The molecule has 1 atom stereocenters. The van der Waals surface area contributed by atoms with Gasteiger partial charge < -0.3 is 5.11 Å². The van der Waals surface area contributed by atoms with Gasteiger partial charge in [-0.25, -0.2) is 9.97 Å². The summed E-state index contributed by atoms with van der Waals surface area (Å²) < 4.78 is 0. The van der Waals surface area contributed by atoms with Crippen molar-refractivity contribution in [2.75, 3.05) is 32.8 Å². The fourth-order valence-corrected chi connectivity index (χ4v) is 3.86. The minimum atomic E-state index is 0.251. The van der Waals surface area contributed by atoms with Gasteiger partial charge in [0.25, 0.3) is 0 Å². The molecule has 146 valence electrons. The van der Waals surface area contributed by atoms with Gasteiger partial charge in [-0.1, -0.05) is 37.6 Å². The van der Waals surface area contributed by atoms with E-state index in [0.717, 1.165) is 56.1 Å². The van der Waals surface area contributed by atoms with Gasteiger partial charge in [0.05, 0.1) is 0 Å².